The van der Waals surface area contributed by atoms with E-state index in [4.69, 9.17) is 5.73 Å². The van der Waals surface area contributed by atoms with Gasteiger partial charge in [-0.25, -0.2) is 0 Å². The van der Waals surface area contributed by atoms with Crippen LogP contribution >= 0.6 is 0 Å². The van der Waals surface area contributed by atoms with Crippen LogP contribution in [0.1, 0.15) is 24.8 Å². The number of aromatic nitrogens is 4. The molecule has 2 heterocycles. The third kappa shape index (κ3) is 1.97. The van der Waals surface area contributed by atoms with E-state index in [-0.39, 0.29) is 5.82 Å². The van der Waals surface area contributed by atoms with Gasteiger partial charge < -0.3 is 11.1 Å². The molecule has 0 aliphatic heterocycles. The normalized spacial score (nSPS) is 14.7. The Kier molecular flexibility index (Phi) is 2.76. The second-order valence-electron chi connectivity index (χ2n) is 4.49. The van der Waals surface area contributed by atoms with Gasteiger partial charge in [-0.3, -0.25) is 0 Å². The third-order valence-electron chi connectivity index (χ3n) is 3.25. The van der Waals surface area contributed by atoms with Crippen LogP contribution < -0.4 is 11.1 Å². The predicted octanol–water partition coefficient (Wildman–Crippen LogP) is 1.08. The van der Waals surface area contributed by atoms with E-state index in [0.717, 1.165) is 12.8 Å². The molecule has 3 rings (SSSR count). The molecule has 0 atom stereocenters. The second-order valence-corrected chi connectivity index (χ2v) is 4.49. The molecule has 96 valence electrons. The summed E-state index contributed by atoms with van der Waals surface area (Å²) in [6.45, 7) is 0. The van der Waals surface area contributed by atoms with Gasteiger partial charge in [-0.1, -0.05) is 0 Å². The zero-order chi connectivity index (χ0) is 13.2. The molecule has 7 nitrogen and oxygen atoms in total. The number of nitrogens with zero attached hydrogens (tertiary/aromatic N) is 5. The molecule has 2 aromatic heterocycles. The summed E-state index contributed by atoms with van der Waals surface area (Å²) in [5.41, 5.74) is 6.31. The Morgan fingerprint density at radius 1 is 1.47 bits per heavy atom. The minimum atomic E-state index is 0.282. The van der Waals surface area contributed by atoms with Crippen LogP contribution in [0.2, 0.25) is 0 Å². The van der Waals surface area contributed by atoms with Crippen molar-refractivity contribution in [3.05, 3.63) is 23.9 Å². The molecule has 1 saturated carbocycles. The molecule has 2 aromatic rings. The van der Waals surface area contributed by atoms with E-state index in [1.165, 1.54) is 11.1 Å². The largest absolute Gasteiger partial charge is 0.382 e. The maximum absolute atomic E-state index is 9.20. The highest BCUT2D eigenvalue weighted by molar-refractivity contribution is 5.65. The van der Waals surface area contributed by atoms with Gasteiger partial charge in [-0.15, -0.1) is 10.2 Å². The Balaban J connectivity index is 1.99. The summed E-state index contributed by atoms with van der Waals surface area (Å²) in [6.07, 6.45) is 4.98. The van der Waals surface area contributed by atoms with Crippen LogP contribution in [-0.2, 0) is 0 Å². The minimum absolute atomic E-state index is 0.282. The lowest BCUT2D eigenvalue weighted by molar-refractivity contribution is 0.444. The van der Waals surface area contributed by atoms with Gasteiger partial charge >= 0.3 is 0 Å². The molecule has 1 aliphatic rings. The average Bonchev–Trinajstić information content (AvgIpc) is 2.71. The van der Waals surface area contributed by atoms with E-state index in [1.807, 2.05) is 0 Å². The molecule has 1 aliphatic carbocycles. The van der Waals surface area contributed by atoms with Crippen LogP contribution in [-0.4, -0.2) is 26.0 Å². The number of hydrogen-bond donors (Lipinski definition) is 2. The van der Waals surface area contributed by atoms with E-state index >= 15 is 0 Å². The number of nitrogens with two attached hydrogens (primary N) is 1. The predicted molar refractivity (Wildman–Crippen MR) is 69.5 cm³/mol. The Bertz CT molecular complexity index is 622. The Morgan fingerprint density at radius 3 is 2.89 bits per heavy atom. The van der Waals surface area contributed by atoms with Gasteiger partial charge in [-0.05, 0) is 31.4 Å². The van der Waals surface area contributed by atoms with Crippen molar-refractivity contribution in [1.29, 1.82) is 5.26 Å². The number of nitriles is 1. The van der Waals surface area contributed by atoms with Gasteiger partial charge in [-0.2, -0.15) is 15.0 Å². The molecule has 0 radical (unpaired) electrons. The smallest absolute Gasteiger partial charge is 0.178 e. The van der Waals surface area contributed by atoms with Crippen molar-refractivity contribution in [1.82, 2.24) is 20.0 Å². The first kappa shape index (κ1) is 11.5. The standard InChI is InChI=1S/C12H13N7/c13-7-9-11(14)19(10-5-2-6-15-17-10)18-12(9)16-8-3-1-4-8/h2,5-6,8H,1,3-4,14H2,(H,16,18). The first-order valence-corrected chi connectivity index (χ1v) is 6.13. The second kappa shape index (κ2) is 4.57. The van der Waals surface area contributed by atoms with Crippen LogP contribution in [0.25, 0.3) is 5.82 Å². The van der Waals surface area contributed by atoms with Crippen molar-refractivity contribution in [3.8, 4) is 11.9 Å². The van der Waals surface area contributed by atoms with E-state index < -0.39 is 0 Å². The molecular formula is C12H13N7. The maximum atomic E-state index is 9.20. The molecule has 0 unspecified atom stereocenters. The zero-order valence-corrected chi connectivity index (χ0v) is 10.2. The van der Waals surface area contributed by atoms with Crippen molar-refractivity contribution in [2.45, 2.75) is 25.3 Å². The fourth-order valence-electron chi connectivity index (χ4n) is 1.97. The minimum Gasteiger partial charge on any atom is -0.382 e. The molecule has 0 bridgehead atoms. The van der Waals surface area contributed by atoms with Gasteiger partial charge in [0, 0.05) is 12.2 Å². The summed E-state index contributed by atoms with van der Waals surface area (Å²) >= 11 is 0. The summed E-state index contributed by atoms with van der Waals surface area (Å²) in [4.78, 5) is 0. The Labute approximate surface area is 110 Å². The number of anilines is 2. The summed E-state index contributed by atoms with van der Waals surface area (Å²) in [6, 6.07) is 5.96. The highest BCUT2D eigenvalue weighted by Gasteiger charge is 2.23. The Hall–Kier alpha value is -2.62. The number of nitrogen functional groups attached to an aromatic ring is 1. The third-order valence-corrected chi connectivity index (χ3v) is 3.25. The van der Waals surface area contributed by atoms with Crippen molar-refractivity contribution in [2.24, 2.45) is 0 Å². The lowest BCUT2D eigenvalue weighted by Gasteiger charge is -2.26. The van der Waals surface area contributed by atoms with Gasteiger partial charge in [0.1, 0.15) is 17.5 Å². The zero-order valence-electron chi connectivity index (χ0n) is 10.2. The summed E-state index contributed by atoms with van der Waals surface area (Å²) < 4.78 is 1.44. The summed E-state index contributed by atoms with van der Waals surface area (Å²) in [5.74, 6) is 1.30. The van der Waals surface area contributed by atoms with Crippen LogP contribution in [0.5, 0.6) is 0 Å². The fourth-order valence-corrected chi connectivity index (χ4v) is 1.97. The van der Waals surface area contributed by atoms with Crippen LogP contribution in [0, 0.1) is 11.3 Å². The van der Waals surface area contributed by atoms with Crippen molar-refractivity contribution in [3.63, 3.8) is 0 Å². The molecule has 3 N–H and O–H groups in total. The molecule has 0 saturated heterocycles. The van der Waals surface area contributed by atoms with Crippen molar-refractivity contribution in [2.75, 3.05) is 11.1 Å². The lowest BCUT2D eigenvalue weighted by atomic mass is 9.93. The van der Waals surface area contributed by atoms with Crippen LogP contribution in [0.3, 0.4) is 0 Å². The number of nitrogens with one attached hydrogen (secondary N) is 1. The van der Waals surface area contributed by atoms with Gasteiger partial charge in [0.2, 0.25) is 0 Å². The maximum Gasteiger partial charge on any atom is 0.178 e. The lowest BCUT2D eigenvalue weighted by Crippen LogP contribution is -2.27. The van der Waals surface area contributed by atoms with E-state index in [0.29, 0.717) is 23.2 Å². The molecule has 0 amide bonds. The quantitative estimate of drug-likeness (QED) is 0.850. The number of rotatable bonds is 3. The fraction of sp³-hybridized carbons (Fsp3) is 0.333. The van der Waals surface area contributed by atoms with Gasteiger partial charge in [0.25, 0.3) is 0 Å². The molecule has 0 aromatic carbocycles. The first-order valence-electron chi connectivity index (χ1n) is 6.13. The van der Waals surface area contributed by atoms with Crippen LogP contribution in [0.15, 0.2) is 18.3 Å². The van der Waals surface area contributed by atoms with Crippen LogP contribution in [0.4, 0.5) is 11.6 Å². The highest BCUT2D eigenvalue weighted by Crippen LogP contribution is 2.28. The van der Waals surface area contributed by atoms with E-state index in [2.05, 4.69) is 26.7 Å². The first-order chi connectivity index (χ1) is 9.29. The van der Waals surface area contributed by atoms with Gasteiger partial charge in [0.15, 0.2) is 11.6 Å². The highest BCUT2D eigenvalue weighted by atomic mass is 15.4. The van der Waals surface area contributed by atoms with Crippen molar-refractivity contribution >= 4 is 11.6 Å². The average molecular weight is 255 g/mol. The summed E-state index contributed by atoms with van der Waals surface area (Å²) in [7, 11) is 0. The molecule has 0 spiro atoms. The number of hydrogen-bond acceptors (Lipinski definition) is 6. The van der Waals surface area contributed by atoms with E-state index in [9.17, 15) is 5.26 Å². The van der Waals surface area contributed by atoms with E-state index in [1.54, 1.807) is 18.3 Å². The van der Waals surface area contributed by atoms with Crippen molar-refractivity contribution < 1.29 is 0 Å². The molecule has 1 fully saturated rings. The summed E-state index contributed by atoms with van der Waals surface area (Å²) in [5, 5.41) is 24.5. The molecular weight excluding hydrogens is 242 g/mol. The van der Waals surface area contributed by atoms with Gasteiger partial charge in [0.05, 0.1) is 0 Å². The molecule has 19 heavy (non-hydrogen) atoms. The molecule has 7 heteroatoms. The topological polar surface area (TPSA) is 105 Å². The monoisotopic (exact) mass is 255 g/mol. The Morgan fingerprint density at radius 2 is 2.32 bits per heavy atom. The SMILES string of the molecule is N#Cc1c(NC2CCC2)nn(-c2cccnn2)c1N.